The molecule has 0 spiro atoms. The van der Waals surface area contributed by atoms with Gasteiger partial charge in [0.05, 0.1) is 4.90 Å². The van der Waals surface area contributed by atoms with Crippen molar-refractivity contribution < 1.29 is 18.0 Å². The molecule has 2 heterocycles. The number of para-hydroxylation sites is 1. The molecule has 0 aliphatic carbocycles. The summed E-state index contributed by atoms with van der Waals surface area (Å²) in [7, 11) is -3.92. The minimum Gasteiger partial charge on any atom is -0.341 e. The van der Waals surface area contributed by atoms with E-state index in [0.717, 1.165) is 44.3 Å². The Kier molecular flexibility index (Phi) is 6.83. The van der Waals surface area contributed by atoms with Crippen molar-refractivity contribution in [3.05, 3.63) is 60.3 Å². The molecule has 1 aromatic heterocycles. The van der Waals surface area contributed by atoms with Gasteiger partial charge in [0.2, 0.25) is 11.8 Å². The number of piperidine rings is 1. The molecule has 2 amide bonds. The third-order valence-corrected chi connectivity index (χ3v) is 7.71. The largest absolute Gasteiger partial charge is 0.341 e. The van der Waals surface area contributed by atoms with Crippen molar-refractivity contribution in [3.8, 4) is 0 Å². The number of fused-ring (bicyclic) bond motifs is 1. The molecule has 1 aliphatic heterocycles. The lowest BCUT2D eigenvalue weighted by Gasteiger charge is -2.27. The fraction of sp³-hybridized carbons (Fsp3) is 0.360. The number of amides is 2. The first kappa shape index (κ1) is 23.0. The summed E-state index contributed by atoms with van der Waals surface area (Å²) in [5.41, 5.74) is 2.35. The molecule has 2 aromatic carbocycles. The molecule has 0 atom stereocenters. The van der Waals surface area contributed by atoms with Gasteiger partial charge in [0.15, 0.2) is 9.84 Å². The molecule has 3 aromatic rings. The van der Waals surface area contributed by atoms with E-state index in [-0.39, 0.29) is 17.3 Å². The third-order valence-electron chi connectivity index (χ3n) is 6.07. The van der Waals surface area contributed by atoms with Crippen LogP contribution in [0.4, 0.5) is 5.69 Å². The number of hydrogen-bond donors (Lipinski definition) is 1. The third kappa shape index (κ3) is 5.27. The van der Waals surface area contributed by atoms with Crippen molar-refractivity contribution in [2.24, 2.45) is 0 Å². The van der Waals surface area contributed by atoms with Crippen molar-refractivity contribution >= 4 is 38.2 Å². The van der Waals surface area contributed by atoms with Gasteiger partial charge < -0.3 is 14.8 Å². The normalized spacial score (nSPS) is 14.4. The highest BCUT2D eigenvalue weighted by molar-refractivity contribution is 7.92. The molecule has 174 valence electrons. The molecule has 1 N–H and O–H groups in total. The van der Waals surface area contributed by atoms with Crippen LogP contribution in [-0.2, 0) is 32.4 Å². The fourth-order valence-electron chi connectivity index (χ4n) is 4.25. The van der Waals surface area contributed by atoms with Crippen LogP contribution in [0.15, 0.2) is 59.6 Å². The van der Waals surface area contributed by atoms with Crippen LogP contribution < -0.4 is 5.32 Å². The van der Waals surface area contributed by atoms with Crippen molar-refractivity contribution in [1.82, 2.24) is 9.47 Å². The summed E-state index contributed by atoms with van der Waals surface area (Å²) < 4.78 is 28.0. The van der Waals surface area contributed by atoms with Gasteiger partial charge in [-0.2, -0.15) is 0 Å². The van der Waals surface area contributed by atoms with E-state index in [1.54, 1.807) is 34.9 Å². The van der Waals surface area contributed by atoms with E-state index >= 15 is 0 Å². The van der Waals surface area contributed by atoms with Gasteiger partial charge in [-0.1, -0.05) is 37.3 Å². The predicted molar refractivity (Wildman–Crippen MR) is 129 cm³/mol. The van der Waals surface area contributed by atoms with E-state index in [9.17, 15) is 18.0 Å². The summed E-state index contributed by atoms with van der Waals surface area (Å²) in [5.74, 6) is -1.29. The molecule has 0 bridgehead atoms. The number of anilines is 1. The lowest BCUT2D eigenvalue weighted by Crippen LogP contribution is -2.37. The number of likely N-dealkylation sites (tertiary alicyclic amines) is 1. The lowest BCUT2D eigenvalue weighted by molar-refractivity contribution is -0.132. The van der Waals surface area contributed by atoms with E-state index < -0.39 is 21.5 Å². The van der Waals surface area contributed by atoms with E-state index in [1.165, 1.54) is 6.20 Å². The number of rotatable bonds is 7. The topological polar surface area (TPSA) is 88.5 Å². The lowest BCUT2D eigenvalue weighted by atomic mass is 10.1. The van der Waals surface area contributed by atoms with Crippen LogP contribution in [0, 0.1) is 0 Å². The van der Waals surface area contributed by atoms with Gasteiger partial charge in [-0.05, 0) is 49.4 Å². The van der Waals surface area contributed by atoms with Crippen LogP contribution in [0.1, 0.15) is 31.7 Å². The average Bonchev–Trinajstić information content (AvgIpc) is 3.19. The summed E-state index contributed by atoms with van der Waals surface area (Å²) in [6.07, 6.45) is 5.49. The molecule has 1 fully saturated rings. The van der Waals surface area contributed by atoms with Gasteiger partial charge in [0, 0.05) is 35.9 Å². The van der Waals surface area contributed by atoms with Gasteiger partial charge in [-0.25, -0.2) is 8.42 Å². The van der Waals surface area contributed by atoms with E-state index in [4.69, 9.17) is 0 Å². The van der Waals surface area contributed by atoms with Crippen molar-refractivity contribution in [3.63, 3.8) is 0 Å². The highest BCUT2D eigenvalue weighted by atomic mass is 32.2. The Labute approximate surface area is 194 Å². The molecule has 33 heavy (non-hydrogen) atoms. The second-order valence-corrected chi connectivity index (χ2v) is 10.4. The number of benzene rings is 2. The Morgan fingerprint density at radius 2 is 1.67 bits per heavy atom. The number of hydrogen-bond acceptors (Lipinski definition) is 4. The summed E-state index contributed by atoms with van der Waals surface area (Å²) >= 11 is 0. The molecule has 0 radical (unpaired) electrons. The number of carbonyl (C=O) groups is 2. The zero-order chi connectivity index (χ0) is 23.4. The maximum atomic E-state index is 13.2. The average molecular weight is 468 g/mol. The van der Waals surface area contributed by atoms with Crippen molar-refractivity contribution in [2.75, 3.05) is 24.2 Å². The second-order valence-electron chi connectivity index (χ2n) is 8.44. The summed E-state index contributed by atoms with van der Waals surface area (Å²) in [6.45, 7) is 3.59. The quantitative estimate of drug-likeness (QED) is 0.575. The van der Waals surface area contributed by atoms with Crippen LogP contribution in [-0.4, -0.2) is 48.5 Å². The molecule has 0 unspecified atom stereocenters. The van der Waals surface area contributed by atoms with Crippen LogP contribution in [0.25, 0.3) is 10.9 Å². The molecule has 8 heteroatoms. The first-order valence-corrected chi connectivity index (χ1v) is 13.0. The number of aryl methyl sites for hydroxylation is 1. The van der Waals surface area contributed by atoms with Crippen LogP contribution in [0.5, 0.6) is 0 Å². The Bertz CT molecular complexity index is 1260. The Hall–Kier alpha value is -3.13. The van der Waals surface area contributed by atoms with E-state index in [0.29, 0.717) is 16.6 Å². The predicted octanol–water partition coefficient (Wildman–Crippen LogP) is 3.63. The van der Waals surface area contributed by atoms with Crippen LogP contribution in [0.2, 0.25) is 0 Å². The van der Waals surface area contributed by atoms with E-state index in [2.05, 4.69) is 5.32 Å². The minimum atomic E-state index is -3.92. The van der Waals surface area contributed by atoms with E-state index in [1.807, 2.05) is 30.0 Å². The zero-order valence-corrected chi connectivity index (χ0v) is 19.6. The summed E-state index contributed by atoms with van der Waals surface area (Å²) in [4.78, 5) is 27.2. The highest BCUT2D eigenvalue weighted by Crippen LogP contribution is 2.27. The van der Waals surface area contributed by atoms with Crippen LogP contribution >= 0.6 is 0 Å². The zero-order valence-electron chi connectivity index (χ0n) is 18.8. The highest BCUT2D eigenvalue weighted by Gasteiger charge is 2.26. The molecule has 1 saturated heterocycles. The first-order valence-electron chi connectivity index (χ1n) is 11.3. The van der Waals surface area contributed by atoms with Crippen molar-refractivity contribution in [1.29, 1.82) is 0 Å². The number of aromatic nitrogens is 1. The summed E-state index contributed by atoms with van der Waals surface area (Å²) in [6, 6.07) is 14.4. The van der Waals surface area contributed by atoms with Crippen LogP contribution in [0.3, 0.4) is 0 Å². The molecular formula is C25H29N3O4S. The van der Waals surface area contributed by atoms with Gasteiger partial charge in [-0.15, -0.1) is 0 Å². The number of nitrogens with one attached hydrogen (secondary N) is 1. The van der Waals surface area contributed by atoms with Gasteiger partial charge >= 0.3 is 0 Å². The smallest absolute Gasteiger partial charge is 0.242 e. The number of nitrogens with zero attached hydrogens (tertiary/aromatic N) is 2. The molecule has 7 nitrogen and oxygen atoms in total. The number of sulfone groups is 1. The maximum Gasteiger partial charge on any atom is 0.242 e. The van der Waals surface area contributed by atoms with Gasteiger partial charge in [0.25, 0.3) is 0 Å². The molecular weight excluding hydrogens is 438 g/mol. The van der Waals surface area contributed by atoms with Gasteiger partial charge in [0.1, 0.15) is 12.3 Å². The second kappa shape index (κ2) is 9.79. The Morgan fingerprint density at radius 3 is 2.36 bits per heavy atom. The van der Waals surface area contributed by atoms with Gasteiger partial charge in [-0.3, -0.25) is 9.59 Å². The Balaban J connectivity index is 1.54. The number of carbonyl (C=O) groups excluding carboxylic acids is 2. The molecule has 1 aliphatic rings. The minimum absolute atomic E-state index is 0.0207. The molecule has 4 rings (SSSR count). The first-order chi connectivity index (χ1) is 15.9. The summed E-state index contributed by atoms with van der Waals surface area (Å²) in [5, 5.41) is 3.18. The molecule has 0 saturated carbocycles. The standard InChI is InChI=1S/C25H29N3O4S/c1-2-19-10-12-20(13-11-19)26-24(29)18-33(31,32)23-16-28(22-9-5-4-8-21(22)23)17-25(30)27-14-6-3-7-15-27/h4-5,8-13,16H,2-3,6-7,14-15,17-18H2,1H3,(H,26,29). The van der Waals surface area contributed by atoms with Crippen molar-refractivity contribution in [2.45, 2.75) is 44.0 Å². The fourth-order valence-corrected chi connectivity index (χ4v) is 5.62. The SMILES string of the molecule is CCc1ccc(NC(=O)CS(=O)(=O)c2cn(CC(=O)N3CCCCC3)c3ccccc23)cc1. The maximum absolute atomic E-state index is 13.2. The Morgan fingerprint density at radius 1 is 0.970 bits per heavy atom. The monoisotopic (exact) mass is 467 g/mol.